The molecule has 1 aromatic heterocycles. The Morgan fingerprint density at radius 1 is 1.25 bits per heavy atom. The van der Waals surface area contributed by atoms with Gasteiger partial charge in [-0.2, -0.15) is 0 Å². The summed E-state index contributed by atoms with van der Waals surface area (Å²) in [5.74, 6) is -0.705. The first-order valence-corrected chi connectivity index (χ1v) is 6.73. The first-order valence-electron chi connectivity index (χ1n) is 6.73. The van der Waals surface area contributed by atoms with Gasteiger partial charge in [-0.1, -0.05) is 18.2 Å². The quantitative estimate of drug-likeness (QED) is 0.839. The molecule has 0 bridgehead atoms. The summed E-state index contributed by atoms with van der Waals surface area (Å²) >= 11 is 0. The van der Waals surface area contributed by atoms with Crippen molar-refractivity contribution >= 4 is 5.91 Å². The number of carbonyl (C=O) groups is 1. The monoisotopic (exact) mass is 270 g/mol. The lowest BCUT2D eigenvalue weighted by molar-refractivity contribution is 0.0730. The van der Waals surface area contributed by atoms with Crippen molar-refractivity contribution in [1.82, 2.24) is 9.88 Å². The third kappa shape index (κ3) is 2.29. The van der Waals surface area contributed by atoms with Gasteiger partial charge < -0.3 is 4.90 Å². The van der Waals surface area contributed by atoms with Gasteiger partial charge in [0.05, 0.1) is 11.6 Å². The summed E-state index contributed by atoms with van der Waals surface area (Å²) in [6, 6.07) is 9.96. The maximum atomic E-state index is 13.8. The zero-order chi connectivity index (χ0) is 13.9. The molecule has 0 saturated carbocycles. The van der Waals surface area contributed by atoms with Crippen molar-refractivity contribution in [3.8, 4) is 0 Å². The SMILES string of the molecule is O=C(c1ccccc1F)N1CCCC1c1cccnc1. The summed E-state index contributed by atoms with van der Waals surface area (Å²) in [7, 11) is 0. The molecular weight excluding hydrogens is 255 g/mol. The lowest BCUT2D eigenvalue weighted by Gasteiger charge is -2.25. The molecular formula is C16H15FN2O. The van der Waals surface area contributed by atoms with Crippen LogP contribution in [0.4, 0.5) is 4.39 Å². The number of halogens is 1. The van der Waals surface area contributed by atoms with Crippen LogP contribution >= 0.6 is 0 Å². The van der Waals surface area contributed by atoms with Crippen LogP contribution in [0.5, 0.6) is 0 Å². The average Bonchev–Trinajstić information content (AvgIpc) is 2.97. The molecule has 0 radical (unpaired) electrons. The highest BCUT2D eigenvalue weighted by atomic mass is 19.1. The summed E-state index contributed by atoms with van der Waals surface area (Å²) < 4.78 is 13.8. The van der Waals surface area contributed by atoms with Gasteiger partial charge in [-0.15, -0.1) is 0 Å². The van der Waals surface area contributed by atoms with E-state index in [1.165, 1.54) is 12.1 Å². The highest BCUT2D eigenvalue weighted by Crippen LogP contribution is 2.32. The van der Waals surface area contributed by atoms with Crippen molar-refractivity contribution in [2.45, 2.75) is 18.9 Å². The van der Waals surface area contributed by atoms with Crippen molar-refractivity contribution in [3.63, 3.8) is 0 Å². The minimum Gasteiger partial charge on any atom is -0.331 e. The molecule has 3 nitrogen and oxygen atoms in total. The average molecular weight is 270 g/mol. The number of pyridine rings is 1. The van der Waals surface area contributed by atoms with Gasteiger partial charge in [-0.25, -0.2) is 4.39 Å². The summed E-state index contributed by atoms with van der Waals surface area (Å²) in [5, 5.41) is 0. The number of carbonyl (C=O) groups excluding carboxylic acids is 1. The molecule has 20 heavy (non-hydrogen) atoms. The molecule has 1 aliphatic heterocycles. The largest absolute Gasteiger partial charge is 0.331 e. The van der Waals surface area contributed by atoms with E-state index in [9.17, 15) is 9.18 Å². The van der Waals surface area contributed by atoms with Crippen LogP contribution in [0.3, 0.4) is 0 Å². The van der Waals surface area contributed by atoms with E-state index < -0.39 is 5.82 Å². The van der Waals surface area contributed by atoms with Crippen LogP contribution in [-0.4, -0.2) is 22.3 Å². The lowest BCUT2D eigenvalue weighted by atomic mass is 10.1. The molecule has 1 amide bonds. The zero-order valence-electron chi connectivity index (χ0n) is 11.0. The van der Waals surface area contributed by atoms with Gasteiger partial charge in [0.15, 0.2) is 0 Å². The number of benzene rings is 1. The van der Waals surface area contributed by atoms with E-state index in [0.717, 1.165) is 18.4 Å². The van der Waals surface area contributed by atoms with Crippen molar-refractivity contribution in [2.75, 3.05) is 6.54 Å². The number of likely N-dealkylation sites (tertiary alicyclic amines) is 1. The molecule has 102 valence electrons. The van der Waals surface area contributed by atoms with Crippen LogP contribution in [0.15, 0.2) is 48.8 Å². The second-order valence-electron chi connectivity index (χ2n) is 4.92. The fourth-order valence-electron chi connectivity index (χ4n) is 2.72. The van der Waals surface area contributed by atoms with Crippen molar-refractivity contribution in [3.05, 3.63) is 65.7 Å². The molecule has 1 atom stereocenters. The molecule has 0 spiro atoms. The topological polar surface area (TPSA) is 33.2 Å². The van der Waals surface area contributed by atoms with Crippen LogP contribution in [0.25, 0.3) is 0 Å². The Morgan fingerprint density at radius 2 is 2.10 bits per heavy atom. The lowest BCUT2D eigenvalue weighted by Crippen LogP contribution is -2.31. The predicted molar refractivity (Wildman–Crippen MR) is 73.6 cm³/mol. The highest BCUT2D eigenvalue weighted by molar-refractivity contribution is 5.94. The minimum atomic E-state index is -0.464. The molecule has 1 fully saturated rings. The maximum absolute atomic E-state index is 13.8. The first kappa shape index (κ1) is 12.8. The molecule has 1 unspecified atom stereocenters. The van der Waals surface area contributed by atoms with E-state index in [1.54, 1.807) is 29.4 Å². The Labute approximate surface area is 117 Å². The fraction of sp³-hybridized carbons (Fsp3) is 0.250. The molecule has 2 heterocycles. The van der Waals surface area contributed by atoms with E-state index >= 15 is 0 Å². The Kier molecular flexibility index (Phi) is 3.46. The Balaban J connectivity index is 1.90. The van der Waals surface area contributed by atoms with Gasteiger partial charge in [0.2, 0.25) is 0 Å². The van der Waals surface area contributed by atoms with Gasteiger partial charge in [-0.05, 0) is 36.6 Å². The van der Waals surface area contributed by atoms with Crippen molar-refractivity contribution in [2.24, 2.45) is 0 Å². The summed E-state index contributed by atoms with van der Waals surface area (Å²) in [4.78, 5) is 18.4. The summed E-state index contributed by atoms with van der Waals surface area (Å²) in [6.45, 7) is 0.659. The third-order valence-electron chi connectivity index (χ3n) is 3.69. The van der Waals surface area contributed by atoms with Crippen LogP contribution in [0, 0.1) is 5.82 Å². The van der Waals surface area contributed by atoms with Gasteiger partial charge in [-0.3, -0.25) is 9.78 Å². The number of rotatable bonds is 2. The maximum Gasteiger partial charge on any atom is 0.257 e. The molecule has 1 aromatic carbocycles. The molecule has 0 N–H and O–H groups in total. The van der Waals surface area contributed by atoms with Gasteiger partial charge >= 0.3 is 0 Å². The van der Waals surface area contributed by atoms with Crippen LogP contribution in [0.1, 0.15) is 34.8 Å². The molecule has 1 aliphatic rings. The summed E-state index contributed by atoms with van der Waals surface area (Å²) in [6.07, 6.45) is 5.31. The Morgan fingerprint density at radius 3 is 2.85 bits per heavy atom. The zero-order valence-corrected chi connectivity index (χ0v) is 11.0. The summed E-state index contributed by atoms with van der Waals surface area (Å²) in [5.41, 5.74) is 1.15. The number of nitrogens with zero attached hydrogens (tertiary/aromatic N) is 2. The van der Waals surface area contributed by atoms with Crippen molar-refractivity contribution < 1.29 is 9.18 Å². The van der Waals surface area contributed by atoms with Crippen LogP contribution in [-0.2, 0) is 0 Å². The molecule has 3 rings (SSSR count). The van der Waals surface area contributed by atoms with E-state index in [2.05, 4.69) is 4.98 Å². The smallest absolute Gasteiger partial charge is 0.257 e. The Hall–Kier alpha value is -2.23. The molecule has 0 aliphatic carbocycles. The Bertz CT molecular complexity index is 615. The number of hydrogen-bond acceptors (Lipinski definition) is 2. The van der Waals surface area contributed by atoms with E-state index in [0.29, 0.717) is 6.54 Å². The fourth-order valence-corrected chi connectivity index (χ4v) is 2.72. The van der Waals surface area contributed by atoms with Crippen LogP contribution < -0.4 is 0 Å². The minimum absolute atomic E-state index is 0.00388. The molecule has 1 saturated heterocycles. The van der Waals surface area contributed by atoms with E-state index in [-0.39, 0.29) is 17.5 Å². The third-order valence-corrected chi connectivity index (χ3v) is 3.69. The van der Waals surface area contributed by atoms with E-state index in [1.807, 2.05) is 12.1 Å². The normalized spacial score (nSPS) is 18.2. The number of amides is 1. The molecule has 4 heteroatoms. The molecule has 2 aromatic rings. The van der Waals surface area contributed by atoms with Crippen molar-refractivity contribution in [1.29, 1.82) is 0 Å². The van der Waals surface area contributed by atoms with Gasteiger partial charge in [0.25, 0.3) is 5.91 Å². The predicted octanol–water partition coefficient (Wildman–Crippen LogP) is 3.20. The standard InChI is InChI=1S/C16H15FN2O/c17-14-7-2-1-6-13(14)16(20)19-10-4-8-15(19)12-5-3-9-18-11-12/h1-3,5-7,9,11,15H,4,8,10H2. The second kappa shape index (κ2) is 5.41. The number of hydrogen-bond donors (Lipinski definition) is 0. The van der Waals surface area contributed by atoms with E-state index in [4.69, 9.17) is 0 Å². The van der Waals surface area contributed by atoms with Gasteiger partial charge in [0.1, 0.15) is 5.82 Å². The first-order chi connectivity index (χ1) is 9.77. The highest BCUT2D eigenvalue weighted by Gasteiger charge is 2.31. The number of aromatic nitrogens is 1. The second-order valence-corrected chi connectivity index (χ2v) is 4.92. The van der Waals surface area contributed by atoms with Crippen LogP contribution in [0.2, 0.25) is 0 Å². The van der Waals surface area contributed by atoms with Gasteiger partial charge in [0, 0.05) is 18.9 Å².